The second-order valence-electron chi connectivity index (χ2n) is 7.94. The lowest BCUT2D eigenvalue weighted by atomic mass is 10.1. The van der Waals surface area contributed by atoms with Crippen LogP contribution in [0.3, 0.4) is 0 Å². The normalized spacial score (nSPS) is 11.5. The van der Waals surface area contributed by atoms with Crippen LogP contribution in [0.25, 0.3) is 11.0 Å². The molecule has 0 unspecified atom stereocenters. The van der Waals surface area contributed by atoms with Gasteiger partial charge in [-0.1, -0.05) is 26.8 Å². The maximum Gasteiger partial charge on any atom is 0.257 e. The van der Waals surface area contributed by atoms with Gasteiger partial charge in [-0.3, -0.25) is 4.79 Å². The van der Waals surface area contributed by atoms with Crippen LogP contribution in [0.4, 0.5) is 17.6 Å². The Morgan fingerprint density at radius 3 is 2.45 bits per heavy atom. The first kappa shape index (κ1) is 22.8. The van der Waals surface area contributed by atoms with Crippen LogP contribution in [-0.4, -0.2) is 26.9 Å². The molecule has 0 aliphatic heterocycles. The number of aromatic nitrogens is 2. The quantitative estimate of drug-likeness (QED) is 0.337. The Balaban J connectivity index is 2.02. The number of carbonyl (C=O) groups excluding carboxylic acids is 1. The number of fused-ring (bicyclic) bond motifs is 1. The molecular weight excluding hydrogens is 410 g/mol. The minimum absolute atomic E-state index is 0.0158. The number of amides is 1. The van der Waals surface area contributed by atoms with Crippen molar-refractivity contribution in [2.24, 2.45) is 5.92 Å². The van der Waals surface area contributed by atoms with E-state index >= 15 is 0 Å². The monoisotopic (exact) mass is 435 g/mol. The molecule has 0 radical (unpaired) electrons. The molecule has 0 atom stereocenters. The predicted octanol–water partition coefficient (Wildman–Crippen LogP) is 5.69. The Labute approximate surface area is 178 Å². The summed E-state index contributed by atoms with van der Waals surface area (Å²) in [6, 6.07) is 5.59. The van der Waals surface area contributed by atoms with Crippen LogP contribution in [0.5, 0.6) is 0 Å². The molecule has 0 saturated carbocycles. The molecule has 3 aromatic rings. The first-order valence-electron chi connectivity index (χ1n) is 10.3. The van der Waals surface area contributed by atoms with Gasteiger partial charge in [-0.05, 0) is 37.0 Å². The Kier molecular flexibility index (Phi) is 6.97. The van der Waals surface area contributed by atoms with E-state index in [1.807, 2.05) is 25.3 Å². The highest BCUT2D eigenvalue weighted by Crippen LogP contribution is 2.23. The van der Waals surface area contributed by atoms with E-state index in [1.54, 1.807) is 12.1 Å². The zero-order valence-corrected chi connectivity index (χ0v) is 17.8. The standard InChI is InChI=1S/C23H25F4N3O/c1-4-9-30-20-7-5-6-16(24)22(20)28-21(30)13-29(10-8-14(2)3)23(31)15-11-18(26)19(27)12-17(15)25/h5-7,11-12,14H,4,8-10,13H2,1-3H3. The maximum atomic E-state index is 14.3. The molecule has 31 heavy (non-hydrogen) atoms. The largest absolute Gasteiger partial charge is 0.331 e. The maximum absolute atomic E-state index is 14.3. The van der Waals surface area contributed by atoms with E-state index in [9.17, 15) is 22.4 Å². The molecule has 166 valence electrons. The minimum atomic E-state index is -1.36. The van der Waals surface area contributed by atoms with Crippen molar-refractivity contribution in [2.75, 3.05) is 6.54 Å². The summed E-state index contributed by atoms with van der Waals surface area (Å²) >= 11 is 0. The number of hydrogen-bond donors (Lipinski definition) is 0. The van der Waals surface area contributed by atoms with Gasteiger partial charge in [0, 0.05) is 19.2 Å². The molecule has 2 aromatic carbocycles. The number of carbonyl (C=O) groups is 1. The molecule has 1 aromatic heterocycles. The lowest BCUT2D eigenvalue weighted by Gasteiger charge is -2.24. The highest BCUT2D eigenvalue weighted by molar-refractivity contribution is 5.94. The molecule has 0 fully saturated rings. The van der Waals surface area contributed by atoms with Crippen molar-refractivity contribution in [1.82, 2.24) is 14.5 Å². The smallest absolute Gasteiger partial charge is 0.257 e. The molecule has 0 bridgehead atoms. The second-order valence-corrected chi connectivity index (χ2v) is 7.94. The highest BCUT2D eigenvalue weighted by atomic mass is 19.2. The van der Waals surface area contributed by atoms with Crippen molar-refractivity contribution in [3.8, 4) is 0 Å². The Morgan fingerprint density at radius 1 is 1.06 bits per heavy atom. The van der Waals surface area contributed by atoms with E-state index in [0.29, 0.717) is 36.4 Å². The summed E-state index contributed by atoms with van der Waals surface area (Å²) in [4.78, 5) is 18.8. The lowest BCUT2D eigenvalue weighted by molar-refractivity contribution is 0.0724. The fourth-order valence-corrected chi connectivity index (χ4v) is 3.45. The zero-order valence-electron chi connectivity index (χ0n) is 17.8. The number of rotatable bonds is 8. The molecule has 4 nitrogen and oxygen atoms in total. The number of benzene rings is 2. The Hall–Kier alpha value is -2.90. The van der Waals surface area contributed by atoms with E-state index in [-0.39, 0.29) is 24.5 Å². The SMILES string of the molecule is CCCn1c(CN(CCC(C)C)C(=O)c2cc(F)c(F)cc2F)nc2c(F)cccc21. The predicted molar refractivity (Wildman–Crippen MR) is 110 cm³/mol. The molecular formula is C23H25F4N3O. The summed E-state index contributed by atoms with van der Waals surface area (Å²) in [6.07, 6.45) is 1.37. The number of imidazole rings is 1. The lowest BCUT2D eigenvalue weighted by Crippen LogP contribution is -2.34. The summed E-state index contributed by atoms with van der Waals surface area (Å²) in [7, 11) is 0. The van der Waals surface area contributed by atoms with Crippen molar-refractivity contribution in [2.45, 2.75) is 46.7 Å². The van der Waals surface area contributed by atoms with E-state index in [0.717, 1.165) is 6.42 Å². The van der Waals surface area contributed by atoms with Crippen LogP contribution in [0, 0.1) is 29.2 Å². The minimum Gasteiger partial charge on any atom is -0.331 e. The van der Waals surface area contributed by atoms with Crippen LogP contribution < -0.4 is 0 Å². The molecule has 0 aliphatic carbocycles. The van der Waals surface area contributed by atoms with Crippen molar-refractivity contribution in [3.05, 3.63) is 65.0 Å². The van der Waals surface area contributed by atoms with Crippen molar-refractivity contribution in [1.29, 1.82) is 0 Å². The van der Waals surface area contributed by atoms with E-state index < -0.39 is 34.7 Å². The molecule has 1 amide bonds. The van der Waals surface area contributed by atoms with Crippen molar-refractivity contribution in [3.63, 3.8) is 0 Å². The van der Waals surface area contributed by atoms with Crippen LogP contribution in [0.1, 0.15) is 49.8 Å². The van der Waals surface area contributed by atoms with Crippen LogP contribution in [-0.2, 0) is 13.1 Å². The average molecular weight is 435 g/mol. The summed E-state index contributed by atoms with van der Waals surface area (Å²) in [5.41, 5.74) is 0.250. The highest BCUT2D eigenvalue weighted by Gasteiger charge is 2.24. The molecule has 0 spiro atoms. The second kappa shape index (κ2) is 9.49. The van der Waals surface area contributed by atoms with Gasteiger partial charge >= 0.3 is 0 Å². The van der Waals surface area contributed by atoms with Crippen LogP contribution >= 0.6 is 0 Å². The number of para-hydroxylation sites is 1. The van der Waals surface area contributed by atoms with Gasteiger partial charge in [-0.15, -0.1) is 0 Å². The van der Waals surface area contributed by atoms with Gasteiger partial charge in [0.25, 0.3) is 5.91 Å². The zero-order chi connectivity index (χ0) is 22.7. The molecule has 0 aliphatic rings. The fraction of sp³-hybridized carbons (Fsp3) is 0.391. The van der Waals surface area contributed by atoms with Gasteiger partial charge in [0.2, 0.25) is 0 Å². The number of hydrogen-bond acceptors (Lipinski definition) is 2. The fourth-order valence-electron chi connectivity index (χ4n) is 3.45. The summed E-state index contributed by atoms with van der Waals surface area (Å²) in [5.74, 6) is -4.34. The van der Waals surface area contributed by atoms with Gasteiger partial charge in [-0.2, -0.15) is 0 Å². The van der Waals surface area contributed by atoms with Gasteiger partial charge < -0.3 is 9.47 Å². The third-order valence-electron chi connectivity index (χ3n) is 5.09. The van der Waals surface area contributed by atoms with Crippen LogP contribution in [0.2, 0.25) is 0 Å². The summed E-state index contributed by atoms with van der Waals surface area (Å²) in [6.45, 7) is 6.71. The van der Waals surface area contributed by atoms with E-state index in [1.165, 1.54) is 11.0 Å². The van der Waals surface area contributed by atoms with Crippen molar-refractivity contribution >= 4 is 16.9 Å². The number of nitrogens with zero attached hydrogens (tertiary/aromatic N) is 3. The number of aryl methyl sites for hydroxylation is 1. The van der Waals surface area contributed by atoms with Gasteiger partial charge in [-0.25, -0.2) is 22.5 Å². The topological polar surface area (TPSA) is 38.1 Å². The molecule has 0 N–H and O–H groups in total. The van der Waals surface area contributed by atoms with Gasteiger partial charge in [0.05, 0.1) is 17.6 Å². The van der Waals surface area contributed by atoms with E-state index in [4.69, 9.17) is 0 Å². The van der Waals surface area contributed by atoms with Gasteiger partial charge in [0.15, 0.2) is 17.5 Å². The third-order valence-corrected chi connectivity index (χ3v) is 5.09. The molecule has 3 rings (SSSR count). The Morgan fingerprint density at radius 2 is 1.77 bits per heavy atom. The van der Waals surface area contributed by atoms with E-state index in [2.05, 4.69) is 4.98 Å². The van der Waals surface area contributed by atoms with Gasteiger partial charge in [0.1, 0.15) is 17.2 Å². The molecule has 0 saturated heterocycles. The third kappa shape index (κ3) is 4.89. The summed E-state index contributed by atoms with van der Waals surface area (Å²) < 4.78 is 57.4. The van der Waals surface area contributed by atoms with Crippen molar-refractivity contribution < 1.29 is 22.4 Å². The van der Waals surface area contributed by atoms with Crippen LogP contribution in [0.15, 0.2) is 30.3 Å². The summed E-state index contributed by atoms with van der Waals surface area (Å²) in [5, 5.41) is 0. The Bertz CT molecular complexity index is 1090. The molecule has 8 heteroatoms. The first-order valence-corrected chi connectivity index (χ1v) is 10.3. The average Bonchev–Trinajstić information content (AvgIpc) is 3.06. The molecule has 1 heterocycles. The first-order chi connectivity index (χ1) is 14.7. The number of halogens is 4.